The van der Waals surface area contributed by atoms with Gasteiger partial charge in [0.05, 0.1) is 4.90 Å². The first-order valence-corrected chi connectivity index (χ1v) is 12.4. The van der Waals surface area contributed by atoms with Crippen molar-refractivity contribution in [2.45, 2.75) is 22.8 Å². The van der Waals surface area contributed by atoms with Crippen LogP contribution in [0.3, 0.4) is 0 Å². The highest BCUT2D eigenvalue weighted by Crippen LogP contribution is 2.58. The van der Waals surface area contributed by atoms with Gasteiger partial charge >= 0.3 is 11.9 Å². The van der Waals surface area contributed by atoms with E-state index >= 15 is 0 Å². The number of rotatable bonds is 8. The molecule has 176 valence electrons. The Labute approximate surface area is 206 Å². The molecule has 34 heavy (non-hydrogen) atoms. The maximum atomic E-state index is 13.6. The number of nitrogens with zero attached hydrogens (tertiary/aromatic N) is 1. The molecule has 0 bridgehead atoms. The zero-order valence-electron chi connectivity index (χ0n) is 17.6. The van der Waals surface area contributed by atoms with Crippen LogP contribution in [0, 0.1) is 0 Å². The zero-order valence-corrected chi connectivity index (χ0v) is 19.9. The van der Waals surface area contributed by atoms with E-state index < -0.39 is 40.0 Å². The lowest BCUT2D eigenvalue weighted by Gasteiger charge is -2.28. The van der Waals surface area contributed by atoms with Gasteiger partial charge in [-0.3, -0.25) is 9.59 Å². The Morgan fingerprint density at radius 3 is 2.00 bits per heavy atom. The van der Waals surface area contributed by atoms with Crippen LogP contribution in [-0.4, -0.2) is 47.0 Å². The largest absolute Gasteiger partial charge is 0.480 e. The summed E-state index contributed by atoms with van der Waals surface area (Å²) in [5.41, 5.74) is 0.0135. The molecule has 1 aliphatic rings. The molecule has 1 aliphatic carbocycles. The molecule has 0 radical (unpaired) electrons. The third-order valence-corrected chi connectivity index (χ3v) is 8.43. The van der Waals surface area contributed by atoms with Gasteiger partial charge in [-0.2, -0.15) is 4.31 Å². The third kappa shape index (κ3) is 4.30. The van der Waals surface area contributed by atoms with E-state index in [0.717, 1.165) is 5.56 Å². The van der Waals surface area contributed by atoms with Crippen LogP contribution in [-0.2, 0) is 19.6 Å². The van der Waals surface area contributed by atoms with E-state index in [1.165, 1.54) is 12.1 Å². The number of hydrogen-bond acceptors (Lipinski definition) is 4. The number of benzene rings is 3. The number of carboxylic acid groups (broad SMARTS) is 2. The van der Waals surface area contributed by atoms with Gasteiger partial charge in [-0.05, 0) is 53.4 Å². The molecule has 0 heterocycles. The van der Waals surface area contributed by atoms with Crippen molar-refractivity contribution in [2.75, 3.05) is 6.54 Å². The van der Waals surface area contributed by atoms with Gasteiger partial charge in [0, 0.05) is 16.0 Å². The highest BCUT2D eigenvalue weighted by Gasteiger charge is 2.68. The topological polar surface area (TPSA) is 112 Å². The standard InChI is InChI=1S/C24H19Cl2NO6S/c25-17-9-5-15(6-10-17)16-7-11-18(12-8-16)34(32,33)27(14-22(28)29)24(23(30)31)13-20(24)19-3-1-2-4-21(19)26/h1-12,20H,13-14H2,(H,28,29)(H,30,31)/t20-,24-/m1/s1. The van der Waals surface area contributed by atoms with Crippen molar-refractivity contribution in [2.24, 2.45) is 0 Å². The second-order valence-electron chi connectivity index (χ2n) is 7.94. The highest BCUT2D eigenvalue weighted by atomic mass is 35.5. The summed E-state index contributed by atoms with van der Waals surface area (Å²) in [4.78, 5) is 23.8. The summed E-state index contributed by atoms with van der Waals surface area (Å²) >= 11 is 12.1. The second-order valence-corrected chi connectivity index (χ2v) is 10.7. The van der Waals surface area contributed by atoms with E-state index in [1.54, 1.807) is 60.7 Å². The quantitative estimate of drug-likeness (QED) is 0.444. The number of carbonyl (C=O) groups is 2. The van der Waals surface area contributed by atoms with Crippen LogP contribution in [0.2, 0.25) is 10.0 Å². The Bertz CT molecular complexity index is 1360. The van der Waals surface area contributed by atoms with Crippen molar-refractivity contribution >= 4 is 45.2 Å². The lowest BCUT2D eigenvalue weighted by molar-refractivity contribution is -0.145. The molecule has 0 saturated heterocycles. The van der Waals surface area contributed by atoms with Crippen LogP contribution in [0.4, 0.5) is 0 Å². The molecule has 2 N–H and O–H groups in total. The SMILES string of the molecule is O=C(O)CN([C@]1(C(=O)O)C[C@@H]1c1ccccc1Cl)S(=O)(=O)c1ccc(-c2ccc(Cl)cc2)cc1. The Morgan fingerprint density at radius 2 is 1.47 bits per heavy atom. The molecule has 4 rings (SSSR count). The molecule has 0 aromatic heterocycles. The minimum atomic E-state index is -4.49. The van der Waals surface area contributed by atoms with Crippen molar-refractivity contribution < 1.29 is 28.2 Å². The Kier molecular flexibility index (Phi) is 6.44. The smallest absolute Gasteiger partial charge is 0.325 e. The van der Waals surface area contributed by atoms with Crippen LogP contribution in [0.15, 0.2) is 77.7 Å². The molecule has 0 aliphatic heterocycles. The van der Waals surface area contributed by atoms with Crippen molar-refractivity contribution in [3.05, 3.63) is 88.4 Å². The van der Waals surface area contributed by atoms with E-state index in [-0.39, 0.29) is 16.3 Å². The van der Waals surface area contributed by atoms with Gasteiger partial charge in [0.1, 0.15) is 12.1 Å². The molecule has 1 saturated carbocycles. The van der Waals surface area contributed by atoms with Gasteiger partial charge in [-0.1, -0.05) is 65.7 Å². The van der Waals surface area contributed by atoms with E-state index in [4.69, 9.17) is 23.2 Å². The first kappa shape index (κ1) is 24.2. The van der Waals surface area contributed by atoms with Crippen molar-refractivity contribution in [3.8, 4) is 11.1 Å². The van der Waals surface area contributed by atoms with E-state index in [2.05, 4.69) is 0 Å². The molecule has 2 atom stereocenters. The van der Waals surface area contributed by atoms with Gasteiger partial charge in [0.15, 0.2) is 0 Å². The number of aliphatic carboxylic acids is 2. The number of carboxylic acids is 2. The maximum Gasteiger partial charge on any atom is 0.325 e. The van der Waals surface area contributed by atoms with Crippen molar-refractivity contribution in [1.82, 2.24) is 4.31 Å². The molecular weight excluding hydrogens is 501 g/mol. The van der Waals surface area contributed by atoms with Crippen molar-refractivity contribution in [3.63, 3.8) is 0 Å². The van der Waals surface area contributed by atoms with Gasteiger partial charge in [0.25, 0.3) is 0 Å². The zero-order chi connectivity index (χ0) is 24.7. The first-order chi connectivity index (χ1) is 16.1. The van der Waals surface area contributed by atoms with Gasteiger partial charge in [-0.15, -0.1) is 0 Å². The maximum absolute atomic E-state index is 13.6. The van der Waals surface area contributed by atoms with Crippen LogP contribution in [0.1, 0.15) is 17.9 Å². The van der Waals surface area contributed by atoms with Gasteiger partial charge < -0.3 is 10.2 Å². The van der Waals surface area contributed by atoms with Gasteiger partial charge in [0.2, 0.25) is 10.0 Å². The van der Waals surface area contributed by atoms with E-state index in [0.29, 0.717) is 20.5 Å². The molecule has 10 heteroatoms. The Balaban J connectivity index is 1.74. The van der Waals surface area contributed by atoms with E-state index in [1.807, 2.05) is 0 Å². The average Bonchev–Trinajstić information content (AvgIpc) is 3.55. The summed E-state index contributed by atoms with van der Waals surface area (Å²) in [5, 5.41) is 20.4. The first-order valence-electron chi connectivity index (χ1n) is 10.2. The van der Waals surface area contributed by atoms with Crippen LogP contribution < -0.4 is 0 Å². The summed E-state index contributed by atoms with van der Waals surface area (Å²) in [5.74, 6) is -3.69. The minimum Gasteiger partial charge on any atom is -0.480 e. The Morgan fingerprint density at radius 1 is 0.912 bits per heavy atom. The summed E-state index contributed by atoms with van der Waals surface area (Å²) in [6.45, 7) is -1.01. The van der Waals surface area contributed by atoms with Crippen molar-refractivity contribution in [1.29, 1.82) is 0 Å². The molecule has 3 aromatic carbocycles. The van der Waals surface area contributed by atoms with Crippen LogP contribution in [0.5, 0.6) is 0 Å². The lowest BCUT2D eigenvalue weighted by atomic mass is 10.1. The number of hydrogen-bond donors (Lipinski definition) is 2. The van der Waals surface area contributed by atoms with Crippen LogP contribution >= 0.6 is 23.2 Å². The van der Waals surface area contributed by atoms with Gasteiger partial charge in [-0.25, -0.2) is 8.42 Å². The fraction of sp³-hybridized carbons (Fsp3) is 0.167. The molecule has 0 spiro atoms. The lowest BCUT2D eigenvalue weighted by Crippen LogP contribution is -2.50. The van der Waals surface area contributed by atoms with Crippen LogP contribution in [0.25, 0.3) is 11.1 Å². The molecular formula is C24H19Cl2NO6S. The average molecular weight is 520 g/mol. The predicted octanol–water partition coefficient (Wildman–Crippen LogP) is 4.75. The molecule has 0 amide bonds. The molecule has 0 unspecified atom stereocenters. The molecule has 3 aromatic rings. The summed E-state index contributed by atoms with van der Waals surface area (Å²) in [6.07, 6.45) is -0.0958. The fourth-order valence-electron chi connectivity index (χ4n) is 4.15. The fourth-order valence-corrected chi connectivity index (χ4v) is 6.27. The second kappa shape index (κ2) is 9.03. The predicted molar refractivity (Wildman–Crippen MR) is 128 cm³/mol. The normalized spacial score (nSPS) is 19.7. The monoisotopic (exact) mass is 519 g/mol. The Hall–Kier alpha value is -2.91. The number of halogens is 2. The highest BCUT2D eigenvalue weighted by molar-refractivity contribution is 7.89. The summed E-state index contributed by atoms with van der Waals surface area (Å²) < 4.78 is 27.7. The summed E-state index contributed by atoms with van der Waals surface area (Å²) in [7, 11) is -4.49. The third-order valence-electron chi connectivity index (χ3n) is 5.93. The summed E-state index contributed by atoms with van der Waals surface area (Å²) in [6, 6.07) is 19.3. The minimum absolute atomic E-state index is 0.0958. The number of sulfonamides is 1. The molecule has 7 nitrogen and oxygen atoms in total. The van der Waals surface area contributed by atoms with E-state index in [9.17, 15) is 28.2 Å². The molecule has 1 fully saturated rings.